The Hall–Kier alpha value is -1.86. The third kappa shape index (κ3) is 2.94. The topological polar surface area (TPSA) is 40.8 Å². The summed E-state index contributed by atoms with van der Waals surface area (Å²) in [6, 6.07) is 12.5. The van der Waals surface area contributed by atoms with Crippen molar-refractivity contribution in [1.82, 2.24) is 4.57 Å². The molecule has 3 nitrogen and oxygen atoms in total. The Morgan fingerprint density at radius 2 is 2.16 bits per heavy atom. The molecule has 0 aliphatic heterocycles. The monoisotopic (exact) mass is 271 g/mol. The van der Waals surface area contributed by atoms with E-state index in [-0.39, 0.29) is 0 Å². The van der Waals surface area contributed by atoms with E-state index < -0.39 is 0 Å². The highest BCUT2D eigenvalue weighted by molar-refractivity contribution is 7.98. The Morgan fingerprint density at radius 1 is 1.37 bits per heavy atom. The van der Waals surface area contributed by atoms with E-state index in [9.17, 15) is 0 Å². The van der Waals surface area contributed by atoms with E-state index in [0.29, 0.717) is 5.69 Å². The Morgan fingerprint density at radius 3 is 2.79 bits per heavy atom. The SMILES string of the molecule is CSc1cccc(NCc2cc(C#N)n(C)c2C)c1. The number of hydrogen-bond acceptors (Lipinski definition) is 3. The zero-order valence-electron chi connectivity index (χ0n) is 11.4. The lowest BCUT2D eigenvalue weighted by atomic mass is 10.2. The van der Waals surface area contributed by atoms with Crippen molar-refractivity contribution in [3.8, 4) is 6.07 Å². The molecule has 2 rings (SSSR count). The first-order chi connectivity index (χ1) is 9.15. The van der Waals surface area contributed by atoms with Crippen molar-refractivity contribution in [2.45, 2.75) is 18.4 Å². The number of nitrogens with one attached hydrogen (secondary N) is 1. The molecule has 0 unspecified atom stereocenters. The van der Waals surface area contributed by atoms with Crippen molar-refractivity contribution in [3.05, 3.63) is 47.3 Å². The van der Waals surface area contributed by atoms with Gasteiger partial charge in [-0.1, -0.05) is 6.07 Å². The summed E-state index contributed by atoms with van der Waals surface area (Å²) in [5, 5.41) is 12.4. The van der Waals surface area contributed by atoms with Gasteiger partial charge >= 0.3 is 0 Å². The van der Waals surface area contributed by atoms with Crippen molar-refractivity contribution in [2.24, 2.45) is 7.05 Å². The lowest BCUT2D eigenvalue weighted by Gasteiger charge is -2.08. The quantitative estimate of drug-likeness (QED) is 0.865. The van der Waals surface area contributed by atoms with Gasteiger partial charge in [0.2, 0.25) is 0 Å². The van der Waals surface area contributed by atoms with E-state index in [4.69, 9.17) is 5.26 Å². The Kier molecular flexibility index (Phi) is 4.18. The first-order valence-corrected chi connectivity index (χ1v) is 7.31. The normalized spacial score (nSPS) is 10.2. The summed E-state index contributed by atoms with van der Waals surface area (Å²) in [7, 11) is 1.92. The average Bonchev–Trinajstić information content (AvgIpc) is 2.73. The van der Waals surface area contributed by atoms with Crippen LogP contribution in [-0.2, 0) is 13.6 Å². The number of benzene rings is 1. The molecule has 1 heterocycles. The molecule has 0 atom stereocenters. The molecule has 1 aromatic heterocycles. The minimum Gasteiger partial charge on any atom is -0.381 e. The highest BCUT2D eigenvalue weighted by atomic mass is 32.2. The molecule has 0 aliphatic rings. The molecular formula is C15H17N3S. The van der Waals surface area contributed by atoms with E-state index in [2.05, 4.69) is 35.8 Å². The summed E-state index contributed by atoms with van der Waals surface area (Å²) >= 11 is 1.73. The molecule has 0 spiro atoms. The van der Waals surface area contributed by atoms with Crippen molar-refractivity contribution >= 4 is 17.4 Å². The fourth-order valence-electron chi connectivity index (χ4n) is 1.98. The van der Waals surface area contributed by atoms with E-state index in [1.807, 2.05) is 30.7 Å². The molecule has 1 N–H and O–H groups in total. The van der Waals surface area contributed by atoms with Crippen LogP contribution >= 0.6 is 11.8 Å². The lowest BCUT2D eigenvalue weighted by molar-refractivity contribution is 0.856. The number of anilines is 1. The van der Waals surface area contributed by atoms with E-state index in [0.717, 1.165) is 23.5 Å². The van der Waals surface area contributed by atoms with Gasteiger partial charge in [0.1, 0.15) is 11.8 Å². The molecule has 98 valence electrons. The molecule has 1 aromatic carbocycles. The van der Waals surface area contributed by atoms with Crippen LogP contribution in [-0.4, -0.2) is 10.8 Å². The van der Waals surface area contributed by atoms with Gasteiger partial charge in [-0.25, -0.2) is 0 Å². The maximum Gasteiger partial charge on any atom is 0.120 e. The van der Waals surface area contributed by atoms with Crippen LogP contribution in [0.3, 0.4) is 0 Å². The van der Waals surface area contributed by atoms with Gasteiger partial charge in [0.25, 0.3) is 0 Å². The summed E-state index contributed by atoms with van der Waals surface area (Å²) in [5.74, 6) is 0. The largest absolute Gasteiger partial charge is 0.381 e. The van der Waals surface area contributed by atoms with Crippen molar-refractivity contribution < 1.29 is 0 Å². The van der Waals surface area contributed by atoms with Crippen LogP contribution in [0.5, 0.6) is 0 Å². The van der Waals surface area contributed by atoms with Gasteiger partial charge in [0, 0.05) is 29.9 Å². The highest BCUT2D eigenvalue weighted by Crippen LogP contribution is 2.20. The van der Waals surface area contributed by atoms with Gasteiger partial charge < -0.3 is 9.88 Å². The van der Waals surface area contributed by atoms with E-state index in [1.54, 1.807) is 11.8 Å². The van der Waals surface area contributed by atoms with Gasteiger partial charge in [-0.3, -0.25) is 0 Å². The molecule has 0 aliphatic carbocycles. The number of rotatable bonds is 4. The predicted molar refractivity (Wildman–Crippen MR) is 80.4 cm³/mol. The minimum atomic E-state index is 0.701. The molecule has 0 saturated carbocycles. The first kappa shape index (κ1) is 13.6. The first-order valence-electron chi connectivity index (χ1n) is 6.09. The van der Waals surface area contributed by atoms with Crippen LogP contribution in [0.2, 0.25) is 0 Å². The molecule has 19 heavy (non-hydrogen) atoms. The Labute approximate surface area is 118 Å². The maximum atomic E-state index is 9.02. The third-order valence-corrected chi connectivity index (χ3v) is 4.03. The smallest absolute Gasteiger partial charge is 0.120 e. The standard InChI is InChI=1S/C15H17N3S/c1-11-12(7-14(9-16)18(11)2)10-17-13-5-4-6-15(8-13)19-3/h4-8,17H,10H2,1-3H3. The summed E-state index contributed by atoms with van der Waals surface area (Å²) < 4.78 is 1.93. The van der Waals surface area contributed by atoms with Crippen molar-refractivity contribution in [1.29, 1.82) is 5.26 Å². The average molecular weight is 271 g/mol. The van der Waals surface area contributed by atoms with Crippen LogP contribution in [0, 0.1) is 18.3 Å². The summed E-state index contributed by atoms with van der Waals surface area (Å²) in [6.45, 7) is 2.77. The number of aromatic nitrogens is 1. The van der Waals surface area contributed by atoms with Gasteiger partial charge in [-0.05, 0) is 43.0 Å². The van der Waals surface area contributed by atoms with Crippen molar-refractivity contribution in [3.63, 3.8) is 0 Å². The van der Waals surface area contributed by atoms with Crippen LogP contribution < -0.4 is 5.32 Å². The second kappa shape index (κ2) is 5.85. The fourth-order valence-corrected chi connectivity index (χ4v) is 2.44. The van der Waals surface area contributed by atoms with Crippen LogP contribution in [0.25, 0.3) is 0 Å². The van der Waals surface area contributed by atoms with Gasteiger partial charge in [0.05, 0.1) is 0 Å². The molecule has 0 amide bonds. The summed E-state index contributed by atoms with van der Waals surface area (Å²) in [6.07, 6.45) is 2.07. The molecule has 0 fully saturated rings. The second-order valence-corrected chi connectivity index (χ2v) is 5.28. The molecule has 2 aromatic rings. The van der Waals surface area contributed by atoms with Gasteiger partial charge in [0.15, 0.2) is 0 Å². The van der Waals surface area contributed by atoms with E-state index in [1.165, 1.54) is 4.90 Å². The second-order valence-electron chi connectivity index (χ2n) is 4.40. The third-order valence-electron chi connectivity index (χ3n) is 3.31. The van der Waals surface area contributed by atoms with E-state index >= 15 is 0 Å². The Balaban J connectivity index is 2.12. The zero-order valence-corrected chi connectivity index (χ0v) is 12.2. The molecular weight excluding hydrogens is 254 g/mol. The predicted octanol–water partition coefficient (Wildman–Crippen LogP) is 3.54. The van der Waals surface area contributed by atoms with Crippen LogP contribution in [0.4, 0.5) is 5.69 Å². The maximum absolute atomic E-state index is 9.02. The van der Waals surface area contributed by atoms with Crippen LogP contribution in [0.1, 0.15) is 17.0 Å². The summed E-state index contributed by atoms with van der Waals surface area (Å²) in [5.41, 5.74) is 4.10. The van der Waals surface area contributed by atoms with Gasteiger partial charge in [-0.2, -0.15) is 5.26 Å². The number of thioether (sulfide) groups is 1. The zero-order chi connectivity index (χ0) is 13.8. The summed E-state index contributed by atoms with van der Waals surface area (Å²) in [4.78, 5) is 1.24. The number of hydrogen-bond donors (Lipinski definition) is 1. The highest BCUT2D eigenvalue weighted by Gasteiger charge is 2.08. The van der Waals surface area contributed by atoms with Gasteiger partial charge in [-0.15, -0.1) is 11.8 Å². The minimum absolute atomic E-state index is 0.701. The molecule has 4 heteroatoms. The Bertz CT molecular complexity index is 623. The van der Waals surface area contributed by atoms with Crippen LogP contribution in [0.15, 0.2) is 35.2 Å². The molecule has 0 bridgehead atoms. The fraction of sp³-hybridized carbons (Fsp3) is 0.267. The lowest BCUT2D eigenvalue weighted by Crippen LogP contribution is -2.01. The van der Waals surface area contributed by atoms with Crippen molar-refractivity contribution in [2.75, 3.05) is 11.6 Å². The number of nitriles is 1. The molecule has 0 saturated heterocycles. The number of nitrogens with zero attached hydrogens (tertiary/aromatic N) is 2. The molecule has 0 radical (unpaired) electrons.